The minimum Gasteiger partial charge on any atom is -0.342 e. The van der Waals surface area contributed by atoms with Gasteiger partial charge in [-0.1, -0.05) is 25.4 Å². The van der Waals surface area contributed by atoms with E-state index in [1.165, 1.54) is 0 Å². The highest BCUT2D eigenvalue weighted by molar-refractivity contribution is 9.10. The first kappa shape index (κ1) is 16.3. The number of amides is 2. The predicted octanol–water partition coefficient (Wildman–Crippen LogP) is 3.43. The molecule has 0 radical (unpaired) electrons. The molecule has 2 amide bonds. The first-order chi connectivity index (χ1) is 9.90. The number of carbonyl (C=O) groups excluding carboxylic acids is 2. The molecule has 0 aliphatic carbocycles. The smallest absolute Gasteiger partial charge is 0.250 e. The van der Waals surface area contributed by atoms with Gasteiger partial charge in [-0.05, 0) is 53.4 Å². The quantitative estimate of drug-likeness (QED) is 0.882. The molecule has 6 heteroatoms. The van der Waals surface area contributed by atoms with Crippen molar-refractivity contribution in [3.05, 3.63) is 27.2 Å². The molecule has 0 bridgehead atoms. The van der Waals surface area contributed by atoms with Crippen LogP contribution in [0.2, 0.25) is 5.02 Å². The second kappa shape index (κ2) is 6.36. The van der Waals surface area contributed by atoms with Crippen molar-refractivity contribution in [1.82, 2.24) is 5.32 Å². The molecule has 1 aromatic carbocycles. The third-order valence-electron chi connectivity index (χ3n) is 3.75. The van der Waals surface area contributed by atoms with E-state index in [-0.39, 0.29) is 11.8 Å². The Morgan fingerprint density at radius 1 is 1.29 bits per heavy atom. The van der Waals surface area contributed by atoms with Gasteiger partial charge in [-0.3, -0.25) is 14.5 Å². The van der Waals surface area contributed by atoms with Crippen LogP contribution in [-0.4, -0.2) is 23.9 Å². The lowest BCUT2D eigenvalue weighted by molar-refractivity contribution is -0.134. The summed E-state index contributed by atoms with van der Waals surface area (Å²) in [4.78, 5) is 26.5. The van der Waals surface area contributed by atoms with Crippen LogP contribution in [0.15, 0.2) is 16.6 Å². The zero-order valence-corrected chi connectivity index (χ0v) is 14.6. The van der Waals surface area contributed by atoms with Crippen LogP contribution in [0.25, 0.3) is 0 Å². The number of nitrogens with one attached hydrogen (secondary N) is 1. The normalized spacial score (nSPS) is 22.4. The standard InChI is InChI=1S/C15H18BrClN2O2/c1-4-11-15(21)19(12(5-2)14(20)18-11)13-7-10(17)8(3)6-9(13)16/h6-7,11-12H,4-5H2,1-3H3,(H,18,20). The van der Waals surface area contributed by atoms with Gasteiger partial charge in [0, 0.05) is 9.50 Å². The molecule has 1 fully saturated rings. The van der Waals surface area contributed by atoms with Gasteiger partial charge in [-0.25, -0.2) is 0 Å². The fraction of sp³-hybridized carbons (Fsp3) is 0.467. The van der Waals surface area contributed by atoms with Gasteiger partial charge in [0.25, 0.3) is 0 Å². The Bertz CT molecular complexity index is 591. The maximum absolute atomic E-state index is 12.7. The first-order valence-electron chi connectivity index (χ1n) is 6.99. The van der Waals surface area contributed by atoms with Crippen LogP contribution in [0.5, 0.6) is 0 Å². The van der Waals surface area contributed by atoms with Gasteiger partial charge in [0.1, 0.15) is 12.1 Å². The van der Waals surface area contributed by atoms with E-state index in [9.17, 15) is 9.59 Å². The Labute approximate surface area is 138 Å². The Morgan fingerprint density at radius 3 is 2.52 bits per heavy atom. The lowest BCUT2D eigenvalue weighted by atomic mass is 10.0. The summed E-state index contributed by atoms with van der Waals surface area (Å²) >= 11 is 9.67. The van der Waals surface area contributed by atoms with E-state index in [1.807, 2.05) is 26.8 Å². The van der Waals surface area contributed by atoms with Crippen LogP contribution in [-0.2, 0) is 9.59 Å². The summed E-state index contributed by atoms with van der Waals surface area (Å²) in [5.74, 6) is -0.211. The van der Waals surface area contributed by atoms with Gasteiger partial charge in [-0.2, -0.15) is 0 Å². The average molecular weight is 374 g/mol. The molecular formula is C15H18BrClN2O2. The summed E-state index contributed by atoms with van der Waals surface area (Å²) < 4.78 is 0.765. The molecule has 1 aliphatic heterocycles. The van der Waals surface area contributed by atoms with E-state index in [1.54, 1.807) is 11.0 Å². The number of benzene rings is 1. The number of rotatable bonds is 3. The topological polar surface area (TPSA) is 49.4 Å². The average Bonchev–Trinajstić information content (AvgIpc) is 2.44. The molecule has 1 saturated heterocycles. The maximum atomic E-state index is 12.7. The Kier molecular flexibility index (Phi) is 4.94. The number of hydrogen-bond donors (Lipinski definition) is 1. The molecule has 0 aromatic heterocycles. The Hall–Kier alpha value is -1.07. The van der Waals surface area contributed by atoms with Crippen molar-refractivity contribution in [2.24, 2.45) is 0 Å². The molecule has 1 heterocycles. The van der Waals surface area contributed by atoms with E-state index >= 15 is 0 Å². The van der Waals surface area contributed by atoms with E-state index in [4.69, 9.17) is 11.6 Å². The molecule has 21 heavy (non-hydrogen) atoms. The number of piperazine rings is 1. The molecule has 1 N–H and O–H groups in total. The minimum atomic E-state index is -0.504. The van der Waals surface area contributed by atoms with Crippen LogP contribution in [0.1, 0.15) is 32.3 Å². The molecular weight excluding hydrogens is 356 g/mol. The molecule has 2 rings (SSSR count). The summed E-state index contributed by atoms with van der Waals surface area (Å²) in [7, 11) is 0. The lowest BCUT2D eigenvalue weighted by Crippen LogP contribution is -2.63. The molecule has 0 saturated carbocycles. The van der Waals surface area contributed by atoms with Crippen LogP contribution in [0, 0.1) is 6.92 Å². The highest BCUT2D eigenvalue weighted by Crippen LogP contribution is 2.35. The van der Waals surface area contributed by atoms with Crippen LogP contribution in [0.3, 0.4) is 0 Å². The molecule has 4 nitrogen and oxygen atoms in total. The summed E-state index contributed by atoms with van der Waals surface area (Å²) in [6.45, 7) is 5.67. The van der Waals surface area contributed by atoms with Crippen molar-refractivity contribution in [2.45, 2.75) is 45.7 Å². The van der Waals surface area contributed by atoms with Crippen molar-refractivity contribution in [2.75, 3.05) is 4.90 Å². The number of halogens is 2. The number of anilines is 1. The lowest BCUT2D eigenvalue weighted by Gasteiger charge is -2.39. The van der Waals surface area contributed by atoms with Crippen LogP contribution < -0.4 is 10.2 Å². The van der Waals surface area contributed by atoms with Gasteiger partial charge >= 0.3 is 0 Å². The third kappa shape index (κ3) is 2.94. The van der Waals surface area contributed by atoms with E-state index in [0.717, 1.165) is 10.0 Å². The van der Waals surface area contributed by atoms with Crippen molar-refractivity contribution < 1.29 is 9.59 Å². The van der Waals surface area contributed by atoms with E-state index < -0.39 is 12.1 Å². The monoisotopic (exact) mass is 372 g/mol. The second-order valence-corrected chi connectivity index (χ2v) is 6.42. The number of hydrogen-bond acceptors (Lipinski definition) is 2. The molecule has 2 atom stereocenters. The minimum absolute atomic E-state index is 0.0930. The van der Waals surface area contributed by atoms with Gasteiger partial charge in [-0.15, -0.1) is 0 Å². The number of carbonyl (C=O) groups is 2. The molecule has 2 unspecified atom stereocenters. The fourth-order valence-electron chi connectivity index (χ4n) is 2.52. The number of aryl methyl sites for hydroxylation is 1. The summed E-state index contributed by atoms with van der Waals surface area (Å²) in [6.07, 6.45) is 1.11. The van der Waals surface area contributed by atoms with E-state index in [2.05, 4.69) is 21.2 Å². The van der Waals surface area contributed by atoms with Gasteiger partial charge in [0.15, 0.2) is 0 Å². The van der Waals surface area contributed by atoms with E-state index in [0.29, 0.717) is 23.6 Å². The van der Waals surface area contributed by atoms with Crippen LogP contribution in [0.4, 0.5) is 5.69 Å². The Balaban J connectivity index is 2.53. The van der Waals surface area contributed by atoms with Crippen LogP contribution >= 0.6 is 27.5 Å². The highest BCUT2D eigenvalue weighted by atomic mass is 79.9. The second-order valence-electron chi connectivity index (χ2n) is 5.15. The molecule has 0 spiro atoms. The summed E-state index contributed by atoms with van der Waals surface area (Å²) in [5.41, 5.74) is 1.57. The largest absolute Gasteiger partial charge is 0.342 e. The molecule has 114 valence electrons. The van der Waals surface area contributed by atoms with Gasteiger partial charge in [0.2, 0.25) is 11.8 Å². The van der Waals surface area contributed by atoms with Crippen molar-refractivity contribution in [3.8, 4) is 0 Å². The third-order valence-corrected chi connectivity index (χ3v) is 4.79. The zero-order chi connectivity index (χ0) is 15.7. The van der Waals surface area contributed by atoms with Crippen molar-refractivity contribution in [1.29, 1.82) is 0 Å². The molecule has 1 aromatic rings. The zero-order valence-electron chi connectivity index (χ0n) is 12.2. The van der Waals surface area contributed by atoms with Crippen molar-refractivity contribution in [3.63, 3.8) is 0 Å². The van der Waals surface area contributed by atoms with Gasteiger partial charge in [0.05, 0.1) is 5.69 Å². The molecule has 1 aliphatic rings. The summed E-state index contributed by atoms with van der Waals surface area (Å²) in [5, 5.41) is 3.36. The Morgan fingerprint density at radius 2 is 1.95 bits per heavy atom. The predicted molar refractivity (Wildman–Crippen MR) is 87.7 cm³/mol. The highest BCUT2D eigenvalue weighted by Gasteiger charge is 2.40. The fourth-order valence-corrected chi connectivity index (χ4v) is 3.33. The SMILES string of the molecule is CCC1NC(=O)C(CC)N(c2cc(Cl)c(C)cc2Br)C1=O. The van der Waals surface area contributed by atoms with Gasteiger partial charge < -0.3 is 5.32 Å². The van der Waals surface area contributed by atoms with Crippen molar-refractivity contribution >= 4 is 45.0 Å². The number of nitrogens with zero attached hydrogens (tertiary/aromatic N) is 1. The maximum Gasteiger partial charge on any atom is 0.250 e. The summed E-state index contributed by atoms with van der Waals surface area (Å²) in [6, 6.07) is 2.63. The first-order valence-corrected chi connectivity index (χ1v) is 8.16.